The van der Waals surface area contributed by atoms with E-state index in [4.69, 9.17) is 5.84 Å². The maximum Gasteiger partial charge on any atom is 0.0929 e. The fraction of sp³-hybridized carbons (Fsp3) is 0.545. The number of aryl methyl sites for hydroxylation is 2. The van der Waals surface area contributed by atoms with Gasteiger partial charge in [0.1, 0.15) is 0 Å². The lowest BCUT2D eigenvalue weighted by Gasteiger charge is -2.14. The van der Waals surface area contributed by atoms with Crippen molar-refractivity contribution in [3.8, 4) is 0 Å². The van der Waals surface area contributed by atoms with Gasteiger partial charge in [0.15, 0.2) is 0 Å². The van der Waals surface area contributed by atoms with Crippen LogP contribution < -0.4 is 11.3 Å². The molecule has 2 aromatic rings. The van der Waals surface area contributed by atoms with E-state index in [1.807, 2.05) is 4.68 Å². The highest BCUT2D eigenvalue weighted by atomic mass is 79.9. The van der Waals surface area contributed by atoms with E-state index < -0.39 is 0 Å². The van der Waals surface area contributed by atoms with E-state index in [2.05, 4.69) is 49.0 Å². The molecular formula is C11H17BrN6S. The number of rotatable bonds is 6. The molecule has 0 amide bonds. The maximum absolute atomic E-state index is 5.63. The van der Waals surface area contributed by atoms with Gasteiger partial charge in [-0.3, -0.25) is 16.0 Å². The van der Waals surface area contributed by atoms with Crippen molar-refractivity contribution in [1.82, 2.24) is 24.0 Å². The molecular weight excluding hydrogens is 328 g/mol. The summed E-state index contributed by atoms with van der Waals surface area (Å²) in [7, 11) is 0. The quantitative estimate of drug-likeness (QED) is 0.617. The number of nitrogens with two attached hydrogens (primary N) is 1. The van der Waals surface area contributed by atoms with Gasteiger partial charge < -0.3 is 0 Å². The lowest BCUT2D eigenvalue weighted by Crippen LogP contribution is -2.30. The van der Waals surface area contributed by atoms with E-state index >= 15 is 0 Å². The largest absolute Gasteiger partial charge is 0.271 e. The van der Waals surface area contributed by atoms with E-state index in [-0.39, 0.29) is 6.04 Å². The molecule has 0 saturated carbocycles. The predicted molar refractivity (Wildman–Crippen MR) is 78.7 cm³/mol. The fourth-order valence-electron chi connectivity index (χ4n) is 1.98. The van der Waals surface area contributed by atoms with Gasteiger partial charge in [-0.2, -0.15) is 13.8 Å². The molecule has 2 heterocycles. The smallest absolute Gasteiger partial charge is 0.0929 e. The Morgan fingerprint density at radius 1 is 1.53 bits per heavy atom. The summed E-state index contributed by atoms with van der Waals surface area (Å²) < 4.78 is 11.3. The summed E-state index contributed by atoms with van der Waals surface area (Å²) in [6, 6.07) is -0.0539. The van der Waals surface area contributed by atoms with Gasteiger partial charge in [-0.15, -0.1) is 0 Å². The van der Waals surface area contributed by atoms with Gasteiger partial charge in [-0.1, -0.05) is 6.92 Å². The summed E-state index contributed by atoms with van der Waals surface area (Å²) in [6.07, 6.45) is 3.37. The van der Waals surface area contributed by atoms with Crippen LogP contribution >= 0.6 is 27.7 Å². The number of halogens is 1. The molecule has 0 aliphatic carbocycles. The second-order valence-corrected chi connectivity index (χ2v) is 5.48. The molecule has 0 radical (unpaired) electrons. The molecule has 0 bridgehead atoms. The molecule has 0 aliphatic rings. The second-order valence-electron chi connectivity index (χ2n) is 4.13. The Hall–Kier alpha value is -0.830. The Morgan fingerprint density at radius 3 is 2.84 bits per heavy atom. The van der Waals surface area contributed by atoms with Gasteiger partial charge in [0.25, 0.3) is 0 Å². The molecule has 104 valence electrons. The monoisotopic (exact) mass is 344 g/mol. The molecule has 1 atom stereocenters. The molecule has 0 aromatic carbocycles. The van der Waals surface area contributed by atoms with Crippen LogP contribution in [0.25, 0.3) is 0 Å². The summed E-state index contributed by atoms with van der Waals surface area (Å²) in [6.45, 7) is 5.01. The summed E-state index contributed by atoms with van der Waals surface area (Å²) in [5.74, 6) is 5.63. The average molecular weight is 345 g/mol. The lowest BCUT2D eigenvalue weighted by molar-refractivity contribution is 0.508. The van der Waals surface area contributed by atoms with Crippen molar-refractivity contribution >= 4 is 27.7 Å². The first kappa shape index (κ1) is 14.6. The Kier molecular flexibility index (Phi) is 5.03. The molecule has 0 saturated heterocycles. The van der Waals surface area contributed by atoms with E-state index in [0.29, 0.717) is 0 Å². The molecule has 1 unspecified atom stereocenters. The van der Waals surface area contributed by atoms with Crippen LogP contribution in [-0.4, -0.2) is 18.5 Å². The maximum atomic E-state index is 5.63. The number of hydrogen-bond acceptors (Lipinski definition) is 6. The van der Waals surface area contributed by atoms with Crippen molar-refractivity contribution in [2.24, 2.45) is 5.84 Å². The average Bonchev–Trinajstić information content (AvgIpc) is 3.04. The van der Waals surface area contributed by atoms with Gasteiger partial charge in [-0.05, 0) is 29.3 Å². The molecule has 0 fully saturated rings. The second kappa shape index (κ2) is 6.56. The molecule has 3 N–H and O–H groups in total. The SMILES string of the molecule is CCc1nn(CC)c(CC(NN)c2cnsn2)c1Br. The van der Waals surface area contributed by atoms with Crippen molar-refractivity contribution in [2.45, 2.75) is 39.3 Å². The van der Waals surface area contributed by atoms with Crippen molar-refractivity contribution < 1.29 is 0 Å². The van der Waals surface area contributed by atoms with Crippen LogP contribution in [0.5, 0.6) is 0 Å². The number of nitrogens with zero attached hydrogens (tertiary/aromatic N) is 4. The zero-order chi connectivity index (χ0) is 13.8. The molecule has 19 heavy (non-hydrogen) atoms. The lowest BCUT2D eigenvalue weighted by atomic mass is 10.1. The third-order valence-electron chi connectivity index (χ3n) is 3.03. The van der Waals surface area contributed by atoms with Gasteiger partial charge in [0.05, 0.1) is 45.5 Å². The molecule has 8 heteroatoms. The van der Waals surface area contributed by atoms with Crippen LogP contribution in [0.2, 0.25) is 0 Å². The highest BCUT2D eigenvalue weighted by Crippen LogP contribution is 2.26. The molecule has 0 spiro atoms. The molecule has 2 aromatic heterocycles. The van der Waals surface area contributed by atoms with Gasteiger partial charge in [0.2, 0.25) is 0 Å². The minimum atomic E-state index is -0.0539. The van der Waals surface area contributed by atoms with Gasteiger partial charge >= 0.3 is 0 Å². The minimum absolute atomic E-state index is 0.0539. The highest BCUT2D eigenvalue weighted by molar-refractivity contribution is 9.10. The Morgan fingerprint density at radius 2 is 2.32 bits per heavy atom. The van der Waals surface area contributed by atoms with E-state index in [1.54, 1.807) is 6.20 Å². The Balaban J connectivity index is 2.29. The fourth-order valence-corrected chi connectivity index (χ4v) is 3.18. The van der Waals surface area contributed by atoms with E-state index in [9.17, 15) is 0 Å². The van der Waals surface area contributed by atoms with Crippen LogP contribution in [0.4, 0.5) is 0 Å². The number of nitrogens with one attached hydrogen (secondary N) is 1. The number of aromatic nitrogens is 4. The van der Waals surface area contributed by atoms with E-state index in [0.717, 1.165) is 40.9 Å². The van der Waals surface area contributed by atoms with Crippen molar-refractivity contribution in [3.63, 3.8) is 0 Å². The van der Waals surface area contributed by atoms with Gasteiger partial charge in [0, 0.05) is 13.0 Å². The third kappa shape index (κ3) is 3.02. The standard InChI is InChI=1S/C11H17BrN6S/c1-3-7-11(12)10(18(4-2)16-7)5-8(15-13)9-6-14-19-17-9/h6,8,15H,3-5,13H2,1-2H3. The van der Waals surface area contributed by atoms with Crippen molar-refractivity contribution in [2.75, 3.05) is 0 Å². The summed E-state index contributed by atoms with van der Waals surface area (Å²) in [4.78, 5) is 0. The first-order chi connectivity index (χ1) is 9.21. The number of hydrogen-bond donors (Lipinski definition) is 2. The first-order valence-electron chi connectivity index (χ1n) is 6.18. The highest BCUT2D eigenvalue weighted by Gasteiger charge is 2.20. The van der Waals surface area contributed by atoms with Crippen molar-refractivity contribution in [3.05, 3.63) is 27.8 Å². The summed E-state index contributed by atoms with van der Waals surface area (Å²) in [5.41, 5.74) is 5.87. The zero-order valence-corrected chi connectivity index (χ0v) is 13.3. The summed E-state index contributed by atoms with van der Waals surface area (Å²) >= 11 is 4.83. The van der Waals surface area contributed by atoms with Crippen LogP contribution in [0.15, 0.2) is 10.7 Å². The first-order valence-corrected chi connectivity index (χ1v) is 7.71. The molecule has 2 rings (SSSR count). The van der Waals surface area contributed by atoms with Crippen LogP contribution in [0.1, 0.15) is 37.0 Å². The van der Waals surface area contributed by atoms with Crippen LogP contribution in [-0.2, 0) is 19.4 Å². The zero-order valence-electron chi connectivity index (χ0n) is 10.9. The molecule has 6 nitrogen and oxygen atoms in total. The third-order valence-corrected chi connectivity index (χ3v) is 4.44. The number of hydrazine groups is 1. The topological polar surface area (TPSA) is 81.7 Å². The predicted octanol–water partition coefficient (Wildman–Crippen LogP) is 1.83. The van der Waals surface area contributed by atoms with E-state index in [1.165, 1.54) is 11.7 Å². The summed E-state index contributed by atoms with van der Waals surface area (Å²) in [5, 5.41) is 4.58. The Labute approximate surface area is 124 Å². The van der Waals surface area contributed by atoms with Crippen LogP contribution in [0.3, 0.4) is 0 Å². The minimum Gasteiger partial charge on any atom is -0.271 e. The Bertz CT molecular complexity index is 524. The van der Waals surface area contributed by atoms with Crippen LogP contribution in [0, 0.1) is 0 Å². The van der Waals surface area contributed by atoms with Gasteiger partial charge in [-0.25, -0.2) is 0 Å². The van der Waals surface area contributed by atoms with Crippen molar-refractivity contribution in [1.29, 1.82) is 0 Å². The normalized spacial score (nSPS) is 12.8. The molecule has 0 aliphatic heterocycles.